The van der Waals surface area contributed by atoms with E-state index in [2.05, 4.69) is 10.1 Å². The Kier molecular flexibility index (Phi) is 7.30. The number of amidine groups is 1. The normalized spacial score (nSPS) is 19.4. The van der Waals surface area contributed by atoms with E-state index in [1.54, 1.807) is 7.11 Å². The molecule has 0 saturated carbocycles. The van der Waals surface area contributed by atoms with Gasteiger partial charge >= 0.3 is 0 Å². The predicted molar refractivity (Wildman–Crippen MR) is 82.1 cm³/mol. The van der Waals surface area contributed by atoms with Crippen molar-refractivity contribution in [3.05, 3.63) is 0 Å². The zero-order valence-corrected chi connectivity index (χ0v) is 13.3. The van der Waals surface area contributed by atoms with Crippen molar-refractivity contribution < 1.29 is 9.94 Å². The number of hydrogen-bond donors (Lipinski definition) is 2. The first-order valence-electron chi connectivity index (χ1n) is 7.69. The Balaban J connectivity index is 2.14. The molecule has 0 aromatic heterocycles. The van der Waals surface area contributed by atoms with E-state index in [1.807, 2.05) is 13.8 Å². The predicted octanol–water partition coefficient (Wildman–Crippen LogP) is 2.29. The van der Waals surface area contributed by atoms with Gasteiger partial charge in [-0.1, -0.05) is 25.4 Å². The summed E-state index contributed by atoms with van der Waals surface area (Å²) in [6.07, 6.45) is 5.76. The van der Waals surface area contributed by atoms with Crippen LogP contribution in [0.1, 0.15) is 46.0 Å². The Morgan fingerprint density at radius 1 is 1.35 bits per heavy atom. The third-order valence-electron chi connectivity index (χ3n) is 4.44. The number of methoxy groups -OCH3 is 1. The molecule has 5 nitrogen and oxygen atoms in total. The average Bonchev–Trinajstić information content (AvgIpc) is 2.44. The fourth-order valence-corrected chi connectivity index (χ4v) is 2.78. The van der Waals surface area contributed by atoms with Crippen LogP contribution >= 0.6 is 0 Å². The van der Waals surface area contributed by atoms with Gasteiger partial charge in [-0.3, -0.25) is 0 Å². The maximum Gasteiger partial charge on any atom is 0.144 e. The van der Waals surface area contributed by atoms with E-state index in [4.69, 9.17) is 15.7 Å². The van der Waals surface area contributed by atoms with Gasteiger partial charge in [0.1, 0.15) is 5.84 Å². The summed E-state index contributed by atoms with van der Waals surface area (Å²) in [6.45, 7) is 8.50. The Morgan fingerprint density at radius 3 is 2.55 bits per heavy atom. The van der Waals surface area contributed by atoms with Gasteiger partial charge in [-0.15, -0.1) is 0 Å². The maximum absolute atomic E-state index is 8.74. The molecule has 3 N–H and O–H groups in total. The summed E-state index contributed by atoms with van der Waals surface area (Å²) in [5, 5.41) is 11.9. The van der Waals surface area contributed by atoms with Gasteiger partial charge in [-0.25, -0.2) is 0 Å². The molecule has 1 rings (SSSR count). The zero-order valence-electron chi connectivity index (χ0n) is 13.3. The van der Waals surface area contributed by atoms with Gasteiger partial charge in [0.05, 0.1) is 0 Å². The number of nitrogens with two attached hydrogens (primary N) is 1. The van der Waals surface area contributed by atoms with Crippen molar-refractivity contribution in [3.8, 4) is 0 Å². The zero-order chi connectivity index (χ0) is 15.0. The molecule has 1 fully saturated rings. The van der Waals surface area contributed by atoms with Crippen LogP contribution in [0.25, 0.3) is 0 Å². The van der Waals surface area contributed by atoms with Crippen molar-refractivity contribution in [1.82, 2.24) is 4.90 Å². The summed E-state index contributed by atoms with van der Waals surface area (Å²) in [5.41, 5.74) is 5.49. The van der Waals surface area contributed by atoms with Crippen molar-refractivity contribution in [2.75, 3.05) is 33.4 Å². The van der Waals surface area contributed by atoms with Crippen LogP contribution in [0.5, 0.6) is 0 Å². The minimum absolute atomic E-state index is 0.208. The van der Waals surface area contributed by atoms with Crippen LogP contribution in [0, 0.1) is 11.3 Å². The van der Waals surface area contributed by atoms with Crippen molar-refractivity contribution in [2.45, 2.75) is 46.0 Å². The van der Waals surface area contributed by atoms with Crippen molar-refractivity contribution in [2.24, 2.45) is 22.2 Å². The van der Waals surface area contributed by atoms with Crippen LogP contribution in [0.4, 0.5) is 0 Å². The second-order valence-electron chi connectivity index (χ2n) is 6.57. The number of oxime groups is 1. The second-order valence-corrected chi connectivity index (χ2v) is 6.57. The molecule has 1 aliphatic heterocycles. The molecular weight excluding hydrogens is 254 g/mol. The lowest BCUT2D eigenvalue weighted by atomic mass is 9.86. The summed E-state index contributed by atoms with van der Waals surface area (Å²) in [7, 11) is 1.79. The third-order valence-corrected chi connectivity index (χ3v) is 4.44. The summed E-state index contributed by atoms with van der Waals surface area (Å²) in [4.78, 5) is 2.54. The SMILES string of the molecule is COCC1CCN(CCCCC(C)(C)C(N)=NO)CC1. The Hall–Kier alpha value is -0.810. The van der Waals surface area contributed by atoms with E-state index in [0.29, 0.717) is 5.84 Å². The lowest BCUT2D eigenvalue weighted by Gasteiger charge is -2.31. The van der Waals surface area contributed by atoms with Crippen LogP contribution in [0.2, 0.25) is 0 Å². The lowest BCUT2D eigenvalue weighted by molar-refractivity contribution is 0.0986. The first kappa shape index (κ1) is 17.2. The summed E-state index contributed by atoms with van der Waals surface area (Å²) in [6, 6.07) is 0. The number of unbranched alkanes of at least 4 members (excludes halogenated alkanes) is 1. The van der Waals surface area contributed by atoms with Crippen molar-refractivity contribution in [1.29, 1.82) is 0 Å². The summed E-state index contributed by atoms with van der Waals surface area (Å²) >= 11 is 0. The molecule has 0 unspecified atom stereocenters. The van der Waals surface area contributed by atoms with E-state index in [0.717, 1.165) is 31.9 Å². The van der Waals surface area contributed by atoms with Gasteiger partial charge in [-0.2, -0.15) is 0 Å². The first-order chi connectivity index (χ1) is 9.49. The summed E-state index contributed by atoms with van der Waals surface area (Å²) < 4.78 is 5.22. The Morgan fingerprint density at radius 2 is 2.00 bits per heavy atom. The van der Waals surface area contributed by atoms with Gasteiger partial charge in [0.15, 0.2) is 0 Å². The van der Waals surface area contributed by atoms with Gasteiger partial charge in [0.25, 0.3) is 0 Å². The quantitative estimate of drug-likeness (QED) is 0.236. The topological polar surface area (TPSA) is 71.1 Å². The van der Waals surface area contributed by atoms with Gasteiger partial charge in [0, 0.05) is 19.1 Å². The van der Waals surface area contributed by atoms with Crippen LogP contribution in [-0.4, -0.2) is 49.3 Å². The third kappa shape index (κ3) is 5.67. The molecule has 1 saturated heterocycles. The number of rotatable bonds is 8. The largest absolute Gasteiger partial charge is 0.409 e. The molecule has 1 heterocycles. The molecule has 0 amide bonds. The fraction of sp³-hybridized carbons (Fsp3) is 0.933. The van der Waals surface area contributed by atoms with E-state index in [1.165, 1.54) is 32.4 Å². The molecule has 0 aromatic carbocycles. The fourth-order valence-electron chi connectivity index (χ4n) is 2.78. The monoisotopic (exact) mass is 285 g/mol. The standard InChI is InChI=1S/C15H31N3O2/c1-15(2,14(16)17-19)8-4-5-9-18-10-6-13(7-11-18)12-20-3/h13,19H,4-12H2,1-3H3,(H2,16,17). The Labute approximate surface area is 123 Å². The maximum atomic E-state index is 8.74. The highest BCUT2D eigenvalue weighted by Crippen LogP contribution is 2.24. The minimum atomic E-state index is -0.208. The van der Waals surface area contributed by atoms with Crippen LogP contribution in [-0.2, 0) is 4.74 Å². The molecule has 118 valence electrons. The highest BCUT2D eigenvalue weighted by molar-refractivity contribution is 5.85. The van der Waals surface area contributed by atoms with Crippen molar-refractivity contribution in [3.63, 3.8) is 0 Å². The molecule has 0 bridgehead atoms. The van der Waals surface area contributed by atoms with Gasteiger partial charge in [-0.05, 0) is 51.2 Å². The van der Waals surface area contributed by atoms with Crippen LogP contribution in [0.3, 0.4) is 0 Å². The minimum Gasteiger partial charge on any atom is -0.409 e. The van der Waals surface area contributed by atoms with E-state index >= 15 is 0 Å². The number of nitrogens with zero attached hydrogens (tertiary/aromatic N) is 2. The molecule has 0 radical (unpaired) electrons. The van der Waals surface area contributed by atoms with Crippen LogP contribution < -0.4 is 5.73 Å². The van der Waals surface area contributed by atoms with E-state index in [9.17, 15) is 0 Å². The smallest absolute Gasteiger partial charge is 0.144 e. The number of ether oxygens (including phenoxy) is 1. The first-order valence-corrected chi connectivity index (χ1v) is 7.69. The average molecular weight is 285 g/mol. The van der Waals surface area contributed by atoms with Crippen LogP contribution in [0.15, 0.2) is 5.16 Å². The van der Waals surface area contributed by atoms with Gasteiger partial charge in [0.2, 0.25) is 0 Å². The lowest BCUT2D eigenvalue weighted by Crippen LogP contribution is -2.36. The summed E-state index contributed by atoms with van der Waals surface area (Å²) in [5.74, 6) is 1.08. The number of hydrogen-bond acceptors (Lipinski definition) is 4. The molecule has 0 atom stereocenters. The van der Waals surface area contributed by atoms with Gasteiger partial charge < -0.3 is 20.6 Å². The molecule has 5 heteroatoms. The molecule has 0 spiro atoms. The molecular formula is C15H31N3O2. The molecule has 0 aromatic rings. The van der Waals surface area contributed by atoms with E-state index in [-0.39, 0.29) is 5.41 Å². The van der Waals surface area contributed by atoms with Crippen molar-refractivity contribution >= 4 is 5.84 Å². The molecule has 20 heavy (non-hydrogen) atoms. The Bertz CT molecular complexity index is 297. The number of likely N-dealkylation sites (tertiary alicyclic amines) is 1. The molecule has 1 aliphatic rings. The van der Waals surface area contributed by atoms with E-state index < -0.39 is 0 Å². The highest BCUT2D eigenvalue weighted by Gasteiger charge is 2.23. The number of piperidine rings is 1. The second kappa shape index (κ2) is 8.47. The molecule has 0 aliphatic carbocycles. The highest BCUT2D eigenvalue weighted by atomic mass is 16.5.